The van der Waals surface area contributed by atoms with Crippen LogP contribution in [0.25, 0.3) is 0 Å². The minimum Gasteiger partial charge on any atom is -0.467 e. The van der Waals surface area contributed by atoms with Crippen LogP contribution in [-0.2, 0) is 9.53 Å². The molecule has 0 fully saturated rings. The molecule has 18 heavy (non-hydrogen) atoms. The van der Waals surface area contributed by atoms with Gasteiger partial charge in [-0.05, 0) is 28.9 Å². The molecule has 0 aliphatic heterocycles. The van der Waals surface area contributed by atoms with E-state index in [1.807, 2.05) is 0 Å². The number of rotatable bonds is 4. The number of carbonyl (C=O) groups is 1. The molecule has 100 valence electrons. The van der Waals surface area contributed by atoms with E-state index in [4.69, 9.17) is 0 Å². The highest BCUT2D eigenvalue weighted by atomic mass is 79.9. The molecule has 4 nitrogen and oxygen atoms in total. The predicted molar refractivity (Wildman–Crippen MR) is 65.2 cm³/mol. The molecule has 2 N–H and O–H groups in total. The number of halogens is 3. The minimum atomic E-state index is -1.81. The van der Waals surface area contributed by atoms with Gasteiger partial charge in [0.25, 0.3) is 0 Å². The van der Waals surface area contributed by atoms with Gasteiger partial charge in [0.05, 0.1) is 19.3 Å². The topological polar surface area (TPSA) is 58.6 Å². The Morgan fingerprint density at radius 2 is 2.17 bits per heavy atom. The normalized spacial score (nSPS) is 13.9. The van der Waals surface area contributed by atoms with Crippen LogP contribution in [0.15, 0.2) is 16.6 Å². The van der Waals surface area contributed by atoms with E-state index in [9.17, 15) is 18.7 Å². The molecule has 1 unspecified atom stereocenters. The number of nitrogens with one attached hydrogen (secondary N) is 1. The number of hydrogen-bond acceptors (Lipinski definition) is 4. The second kappa shape index (κ2) is 5.62. The molecule has 0 aromatic heterocycles. The molecule has 1 atom stereocenters. The first kappa shape index (κ1) is 14.8. The van der Waals surface area contributed by atoms with E-state index in [0.717, 1.165) is 13.2 Å². The molecule has 0 heterocycles. The van der Waals surface area contributed by atoms with E-state index >= 15 is 0 Å². The highest BCUT2D eigenvalue weighted by Crippen LogP contribution is 2.27. The van der Waals surface area contributed by atoms with Crippen LogP contribution in [0.4, 0.5) is 14.5 Å². The summed E-state index contributed by atoms with van der Waals surface area (Å²) in [5.74, 6) is -2.42. The fraction of sp³-hybridized carbons (Fsp3) is 0.364. The van der Waals surface area contributed by atoms with Gasteiger partial charge in [0.2, 0.25) is 0 Å². The number of methoxy groups -OCH3 is 1. The minimum absolute atomic E-state index is 0.0411. The van der Waals surface area contributed by atoms with Gasteiger partial charge in [-0.3, -0.25) is 0 Å². The number of carbonyl (C=O) groups excluding carboxylic acids is 1. The van der Waals surface area contributed by atoms with E-state index in [2.05, 4.69) is 26.0 Å². The van der Waals surface area contributed by atoms with Crippen LogP contribution in [-0.4, -0.2) is 30.3 Å². The zero-order valence-corrected chi connectivity index (χ0v) is 11.3. The Morgan fingerprint density at radius 3 is 2.67 bits per heavy atom. The van der Waals surface area contributed by atoms with Crippen LogP contribution in [0, 0.1) is 11.6 Å². The third-order valence-electron chi connectivity index (χ3n) is 2.24. The smallest absolute Gasteiger partial charge is 0.339 e. The van der Waals surface area contributed by atoms with Gasteiger partial charge in [0.15, 0.2) is 5.60 Å². The predicted octanol–water partition coefficient (Wildman–Crippen LogP) is 2.06. The molecule has 0 spiro atoms. The summed E-state index contributed by atoms with van der Waals surface area (Å²) in [7, 11) is 1.13. The zero-order valence-electron chi connectivity index (χ0n) is 9.76. The fourth-order valence-electron chi connectivity index (χ4n) is 1.26. The Hall–Kier alpha value is -1.21. The van der Waals surface area contributed by atoms with Gasteiger partial charge < -0.3 is 15.2 Å². The van der Waals surface area contributed by atoms with Crippen LogP contribution in [0.5, 0.6) is 0 Å². The Balaban J connectivity index is 2.84. The van der Waals surface area contributed by atoms with Crippen LogP contribution in [0.3, 0.4) is 0 Å². The highest BCUT2D eigenvalue weighted by molar-refractivity contribution is 9.10. The lowest BCUT2D eigenvalue weighted by Gasteiger charge is -2.21. The van der Waals surface area contributed by atoms with Crippen LogP contribution >= 0.6 is 15.9 Å². The highest BCUT2D eigenvalue weighted by Gasteiger charge is 2.31. The van der Waals surface area contributed by atoms with Crippen LogP contribution in [0.1, 0.15) is 6.92 Å². The Morgan fingerprint density at radius 1 is 1.56 bits per heavy atom. The summed E-state index contributed by atoms with van der Waals surface area (Å²) in [6.45, 7) is 0.946. The van der Waals surface area contributed by atoms with Crippen molar-refractivity contribution < 1.29 is 23.4 Å². The molecule has 0 bridgehead atoms. The molecule has 0 aliphatic rings. The summed E-state index contributed by atoms with van der Waals surface area (Å²) in [4.78, 5) is 11.2. The van der Waals surface area contributed by atoms with Crippen LogP contribution in [0.2, 0.25) is 0 Å². The van der Waals surface area contributed by atoms with Crippen LogP contribution < -0.4 is 5.32 Å². The lowest BCUT2D eigenvalue weighted by Crippen LogP contribution is -2.43. The molecule has 1 aromatic carbocycles. The van der Waals surface area contributed by atoms with Gasteiger partial charge in [0, 0.05) is 10.5 Å². The average molecular weight is 324 g/mol. The van der Waals surface area contributed by atoms with Crippen molar-refractivity contribution in [3.8, 4) is 0 Å². The summed E-state index contributed by atoms with van der Waals surface area (Å²) in [5, 5.41) is 12.3. The molecule has 7 heteroatoms. The Labute approximate surface area is 111 Å². The third-order valence-corrected chi connectivity index (χ3v) is 2.87. The van der Waals surface area contributed by atoms with Crippen molar-refractivity contribution in [2.75, 3.05) is 19.0 Å². The molecule has 0 saturated heterocycles. The molecular formula is C11H12BrF2NO3. The monoisotopic (exact) mass is 323 g/mol. The summed E-state index contributed by atoms with van der Waals surface area (Å²) in [6, 6.07) is 1.76. The Bertz CT molecular complexity index is 443. The summed E-state index contributed by atoms with van der Waals surface area (Å²) < 4.78 is 30.8. The summed E-state index contributed by atoms with van der Waals surface area (Å²) in [6.07, 6.45) is 0. The second-order valence-corrected chi connectivity index (χ2v) is 4.72. The van der Waals surface area contributed by atoms with Gasteiger partial charge in [0.1, 0.15) is 11.6 Å². The SMILES string of the molecule is COC(=O)C(C)(O)CNc1c(F)cc(F)cc1Br. The van der Waals surface area contributed by atoms with E-state index < -0.39 is 23.2 Å². The molecule has 0 saturated carbocycles. The molecule has 0 aliphatic carbocycles. The first-order chi connectivity index (χ1) is 8.27. The largest absolute Gasteiger partial charge is 0.467 e. The lowest BCUT2D eigenvalue weighted by atomic mass is 10.1. The Kier molecular flexibility index (Phi) is 4.64. The van der Waals surface area contributed by atoms with Crippen molar-refractivity contribution in [1.82, 2.24) is 0 Å². The van der Waals surface area contributed by atoms with Gasteiger partial charge in [-0.2, -0.15) is 0 Å². The standard InChI is InChI=1S/C11H12BrF2NO3/c1-11(17,10(16)18-2)5-15-9-7(12)3-6(13)4-8(9)14/h3-4,15,17H,5H2,1-2H3. The van der Waals surface area contributed by atoms with E-state index in [0.29, 0.717) is 6.07 Å². The average Bonchev–Trinajstić information content (AvgIpc) is 2.26. The van der Waals surface area contributed by atoms with Gasteiger partial charge in [-0.25, -0.2) is 13.6 Å². The molecule has 0 amide bonds. The molecular weight excluding hydrogens is 312 g/mol. The zero-order chi connectivity index (χ0) is 13.9. The number of ether oxygens (including phenoxy) is 1. The van der Waals surface area contributed by atoms with Crippen molar-refractivity contribution in [2.45, 2.75) is 12.5 Å². The summed E-state index contributed by atoms with van der Waals surface area (Å²) in [5.41, 5.74) is -1.85. The van der Waals surface area contributed by atoms with E-state index in [1.54, 1.807) is 0 Å². The van der Waals surface area contributed by atoms with Crippen molar-refractivity contribution in [3.05, 3.63) is 28.2 Å². The van der Waals surface area contributed by atoms with Gasteiger partial charge >= 0.3 is 5.97 Å². The number of hydrogen-bond donors (Lipinski definition) is 2. The number of esters is 1. The maximum Gasteiger partial charge on any atom is 0.339 e. The van der Waals surface area contributed by atoms with Crippen molar-refractivity contribution in [3.63, 3.8) is 0 Å². The second-order valence-electron chi connectivity index (χ2n) is 3.86. The van der Waals surface area contributed by atoms with Crippen molar-refractivity contribution in [2.24, 2.45) is 0 Å². The van der Waals surface area contributed by atoms with Crippen molar-refractivity contribution in [1.29, 1.82) is 0 Å². The first-order valence-electron chi connectivity index (χ1n) is 4.97. The van der Waals surface area contributed by atoms with Crippen molar-refractivity contribution >= 4 is 27.6 Å². The van der Waals surface area contributed by atoms with Gasteiger partial charge in [-0.1, -0.05) is 0 Å². The fourth-order valence-corrected chi connectivity index (χ4v) is 1.81. The molecule has 1 aromatic rings. The number of benzene rings is 1. The first-order valence-corrected chi connectivity index (χ1v) is 5.76. The summed E-state index contributed by atoms with van der Waals surface area (Å²) >= 11 is 2.98. The lowest BCUT2D eigenvalue weighted by molar-refractivity contribution is -0.158. The van der Waals surface area contributed by atoms with Gasteiger partial charge in [-0.15, -0.1) is 0 Å². The quantitative estimate of drug-likeness (QED) is 0.833. The maximum atomic E-state index is 13.4. The molecule has 1 rings (SSSR count). The number of aliphatic hydroxyl groups is 1. The maximum absolute atomic E-state index is 13.4. The molecule has 0 radical (unpaired) electrons. The van der Waals surface area contributed by atoms with E-state index in [-0.39, 0.29) is 16.7 Å². The van der Waals surface area contributed by atoms with E-state index in [1.165, 1.54) is 6.92 Å². The number of anilines is 1. The third kappa shape index (κ3) is 3.39.